The molecule has 2 aromatic rings. The number of hydrogen-bond acceptors (Lipinski definition) is 3. The van der Waals surface area contributed by atoms with E-state index in [9.17, 15) is 0 Å². The number of halogens is 1. The molecule has 0 saturated heterocycles. The molecule has 0 spiro atoms. The van der Waals surface area contributed by atoms with Crippen molar-refractivity contribution in [2.45, 2.75) is 11.2 Å². The van der Waals surface area contributed by atoms with E-state index in [-0.39, 0.29) is 4.83 Å². The molecular formula is C10H9BrN2S. The smallest absolute Gasteiger partial charge is 0.142 e. The van der Waals surface area contributed by atoms with Crippen molar-refractivity contribution in [3.63, 3.8) is 0 Å². The van der Waals surface area contributed by atoms with Crippen LogP contribution in [0.3, 0.4) is 0 Å². The van der Waals surface area contributed by atoms with Gasteiger partial charge in [-0.05, 0) is 34.9 Å². The Hall–Kier alpha value is -0.740. The van der Waals surface area contributed by atoms with E-state index in [1.54, 1.807) is 23.7 Å². The Morgan fingerprint density at radius 1 is 1.36 bits per heavy atom. The first-order valence-corrected chi connectivity index (χ1v) is 6.14. The van der Waals surface area contributed by atoms with Gasteiger partial charge in [-0.3, -0.25) is 0 Å². The summed E-state index contributed by atoms with van der Waals surface area (Å²) in [4.78, 5) is 8.62. The molecule has 2 rings (SSSR count). The summed E-state index contributed by atoms with van der Waals surface area (Å²) < 4.78 is 0. The molecule has 2 heterocycles. The Kier molecular flexibility index (Phi) is 3.26. The quantitative estimate of drug-likeness (QED) is 0.799. The SMILES string of the molecule is BrC(Cc1ccsc1)c1ncccn1. The summed E-state index contributed by atoms with van der Waals surface area (Å²) in [5, 5.41) is 4.23. The number of rotatable bonds is 3. The number of aromatic nitrogens is 2. The summed E-state index contributed by atoms with van der Waals surface area (Å²) in [6.45, 7) is 0. The van der Waals surface area contributed by atoms with Crippen LogP contribution in [0.1, 0.15) is 16.2 Å². The van der Waals surface area contributed by atoms with Gasteiger partial charge in [-0.15, -0.1) is 0 Å². The van der Waals surface area contributed by atoms with Crippen molar-refractivity contribution in [2.75, 3.05) is 0 Å². The first-order chi connectivity index (χ1) is 6.86. The molecule has 0 N–H and O–H groups in total. The first-order valence-electron chi connectivity index (χ1n) is 4.28. The molecule has 4 heteroatoms. The van der Waals surface area contributed by atoms with E-state index in [2.05, 4.69) is 42.7 Å². The van der Waals surface area contributed by atoms with Gasteiger partial charge < -0.3 is 0 Å². The number of hydrogen-bond donors (Lipinski definition) is 0. The summed E-state index contributed by atoms with van der Waals surface area (Å²) in [5.74, 6) is 0.846. The average molecular weight is 269 g/mol. The van der Waals surface area contributed by atoms with Gasteiger partial charge in [-0.2, -0.15) is 11.3 Å². The zero-order valence-electron chi connectivity index (χ0n) is 7.43. The molecule has 2 nitrogen and oxygen atoms in total. The van der Waals surface area contributed by atoms with Gasteiger partial charge in [0.2, 0.25) is 0 Å². The molecule has 14 heavy (non-hydrogen) atoms. The Morgan fingerprint density at radius 2 is 2.14 bits per heavy atom. The third kappa shape index (κ3) is 2.39. The van der Waals surface area contributed by atoms with Crippen LogP contribution in [0.25, 0.3) is 0 Å². The molecular weight excluding hydrogens is 260 g/mol. The molecule has 72 valence electrons. The Morgan fingerprint density at radius 3 is 2.79 bits per heavy atom. The zero-order valence-corrected chi connectivity index (χ0v) is 9.83. The number of thiophene rings is 1. The highest BCUT2D eigenvalue weighted by Crippen LogP contribution is 2.24. The highest BCUT2D eigenvalue weighted by molar-refractivity contribution is 9.09. The molecule has 0 radical (unpaired) electrons. The number of alkyl halides is 1. The van der Waals surface area contributed by atoms with E-state index in [1.165, 1.54) is 5.56 Å². The van der Waals surface area contributed by atoms with Crippen molar-refractivity contribution < 1.29 is 0 Å². The molecule has 0 aromatic carbocycles. The van der Waals surface area contributed by atoms with Gasteiger partial charge in [-0.25, -0.2) is 9.97 Å². The monoisotopic (exact) mass is 268 g/mol. The molecule has 0 bridgehead atoms. The van der Waals surface area contributed by atoms with E-state index >= 15 is 0 Å². The first kappa shape index (κ1) is 9.80. The maximum absolute atomic E-state index is 4.20. The van der Waals surface area contributed by atoms with E-state index in [0.717, 1.165) is 12.2 Å². The predicted molar refractivity (Wildman–Crippen MR) is 61.7 cm³/mol. The summed E-state index contributed by atoms with van der Waals surface area (Å²) >= 11 is 5.30. The maximum atomic E-state index is 4.20. The van der Waals surface area contributed by atoms with Gasteiger partial charge in [-0.1, -0.05) is 15.9 Å². The van der Waals surface area contributed by atoms with Crippen LogP contribution < -0.4 is 0 Å². The minimum Gasteiger partial charge on any atom is -0.240 e. The normalized spacial score (nSPS) is 12.6. The van der Waals surface area contributed by atoms with Crippen molar-refractivity contribution >= 4 is 27.3 Å². The van der Waals surface area contributed by atoms with Crippen molar-refractivity contribution in [1.29, 1.82) is 0 Å². The molecule has 0 aliphatic heterocycles. The predicted octanol–water partition coefficient (Wildman–Crippen LogP) is 3.22. The molecule has 1 atom stereocenters. The lowest BCUT2D eigenvalue weighted by atomic mass is 10.2. The van der Waals surface area contributed by atoms with E-state index in [1.807, 2.05) is 6.07 Å². The highest BCUT2D eigenvalue weighted by atomic mass is 79.9. The van der Waals surface area contributed by atoms with Crippen molar-refractivity contribution in [1.82, 2.24) is 9.97 Å². The molecule has 0 aliphatic rings. The highest BCUT2D eigenvalue weighted by Gasteiger charge is 2.10. The molecule has 0 aliphatic carbocycles. The van der Waals surface area contributed by atoms with Gasteiger partial charge in [0.15, 0.2) is 0 Å². The van der Waals surface area contributed by atoms with Crippen molar-refractivity contribution in [3.05, 3.63) is 46.7 Å². The summed E-state index contributed by atoms with van der Waals surface area (Å²) in [7, 11) is 0. The second kappa shape index (κ2) is 4.66. The largest absolute Gasteiger partial charge is 0.240 e. The minimum atomic E-state index is 0.207. The summed E-state index contributed by atoms with van der Waals surface area (Å²) in [6, 6.07) is 3.95. The van der Waals surface area contributed by atoms with Crippen LogP contribution in [0.5, 0.6) is 0 Å². The zero-order chi connectivity index (χ0) is 9.80. The minimum absolute atomic E-state index is 0.207. The van der Waals surface area contributed by atoms with Crippen molar-refractivity contribution in [2.24, 2.45) is 0 Å². The topological polar surface area (TPSA) is 25.8 Å². The fourth-order valence-electron chi connectivity index (χ4n) is 1.18. The van der Waals surface area contributed by atoms with Crippen LogP contribution in [-0.2, 0) is 6.42 Å². The van der Waals surface area contributed by atoms with Gasteiger partial charge in [0.1, 0.15) is 5.82 Å². The molecule has 0 saturated carbocycles. The molecule has 0 amide bonds. The second-order valence-corrected chi connectivity index (χ2v) is 4.80. The molecule has 2 aromatic heterocycles. The fraction of sp³-hybridized carbons (Fsp3) is 0.200. The van der Waals surface area contributed by atoms with E-state index in [0.29, 0.717) is 0 Å². The fourth-order valence-corrected chi connectivity index (χ4v) is 2.47. The Labute approximate surface area is 95.2 Å². The number of nitrogens with zero attached hydrogens (tertiary/aromatic N) is 2. The lowest BCUT2D eigenvalue weighted by Gasteiger charge is -2.05. The van der Waals surface area contributed by atoms with Gasteiger partial charge in [0.25, 0.3) is 0 Å². The molecule has 0 fully saturated rings. The average Bonchev–Trinajstić information content (AvgIpc) is 2.72. The van der Waals surface area contributed by atoms with Gasteiger partial charge in [0.05, 0.1) is 4.83 Å². The lowest BCUT2D eigenvalue weighted by Crippen LogP contribution is -1.99. The summed E-state index contributed by atoms with van der Waals surface area (Å²) in [5.41, 5.74) is 1.32. The van der Waals surface area contributed by atoms with Crippen LogP contribution in [0.15, 0.2) is 35.3 Å². The van der Waals surface area contributed by atoms with Crippen LogP contribution in [0, 0.1) is 0 Å². The van der Waals surface area contributed by atoms with Crippen LogP contribution in [0.4, 0.5) is 0 Å². The Bertz CT molecular complexity index is 374. The van der Waals surface area contributed by atoms with Crippen LogP contribution in [0.2, 0.25) is 0 Å². The third-order valence-corrected chi connectivity index (χ3v) is 3.33. The van der Waals surface area contributed by atoms with Crippen LogP contribution >= 0.6 is 27.3 Å². The lowest BCUT2D eigenvalue weighted by molar-refractivity contribution is 0.851. The van der Waals surface area contributed by atoms with Crippen LogP contribution in [-0.4, -0.2) is 9.97 Å². The Balaban J connectivity index is 2.07. The summed E-state index contributed by atoms with van der Waals surface area (Å²) in [6.07, 6.45) is 4.47. The van der Waals surface area contributed by atoms with E-state index in [4.69, 9.17) is 0 Å². The maximum Gasteiger partial charge on any atom is 0.142 e. The van der Waals surface area contributed by atoms with Crippen molar-refractivity contribution in [3.8, 4) is 0 Å². The second-order valence-electron chi connectivity index (χ2n) is 2.91. The third-order valence-electron chi connectivity index (χ3n) is 1.86. The standard InChI is InChI=1S/C10H9BrN2S/c11-9(6-8-2-5-14-7-8)10-12-3-1-4-13-10/h1-5,7,9H,6H2. The van der Waals surface area contributed by atoms with Gasteiger partial charge in [0, 0.05) is 12.4 Å². The molecule has 1 unspecified atom stereocenters. The van der Waals surface area contributed by atoms with Gasteiger partial charge >= 0.3 is 0 Å². The van der Waals surface area contributed by atoms with E-state index < -0.39 is 0 Å².